The van der Waals surface area contributed by atoms with Crippen LogP contribution in [0.2, 0.25) is 0 Å². The summed E-state index contributed by atoms with van der Waals surface area (Å²) in [6.07, 6.45) is 0. The maximum Gasteiger partial charge on any atom is 0.293 e. The molecule has 0 spiro atoms. The molecule has 0 aliphatic heterocycles. The van der Waals surface area contributed by atoms with Gasteiger partial charge in [-0.2, -0.15) is 0 Å². The summed E-state index contributed by atoms with van der Waals surface area (Å²) >= 11 is 10.2. The van der Waals surface area contributed by atoms with Crippen molar-refractivity contribution in [2.75, 3.05) is 13.3 Å². The Balaban J connectivity index is 4.07. The molecule has 0 aromatic heterocycles. The highest BCUT2D eigenvalue weighted by Gasteiger charge is 2.22. The Morgan fingerprint density at radius 3 is 1.33 bits per heavy atom. The SMILES string of the molecule is CP(=O)(Cl)OP(C)(=O)Cl. The molecule has 0 aromatic carbocycles. The molecule has 0 radical (unpaired) electrons. The van der Waals surface area contributed by atoms with Crippen LogP contribution in [0.3, 0.4) is 0 Å². The van der Waals surface area contributed by atoms with Crippen LogP contribution in [-0.2, 0) is 13.4 Å². The third-order valence-corrected chi connectivity index (χ3v) is 3.74. The standard InChI is InChI=1S/C2H6Cl2O3P2/c1-8(3,5)7-9(2,4)6/h1-2H3. The quantitative estimate of drug-likeness (QED) is 0.658. The van der Waals surface area contributed by atoms with Gasteiger partial charge in [0.2, 0.25) is 0 Å². The van der Waals surface area contributed by atoms with E-state index < -0.39 is 13.4 Å². The van der Waals surface area contributed by atoms with E-state index in [4.69, 9.17) is 22.5 Å². The average Bonchev–Trinajstić information content (AvgIpc) is 1.14. The van der Waals surface area contributed by atoms with E-state index in [1.807, 2.05) is 0 Å². The molecule has 0 amide bonds. The summed E-state index contributed by atoms with van der Waals surface area (Å²) in [5, 5.41) is 0. The molecule has 0 heterocycles. The van der Waals surface area contributed by atoms with Crippen LogP contribution in [-0.4, -0.2) is 13.3 Å². The zero-order chi connectivity index (χ0) is 7.71. The van der Waals surface area contributed by atoms with Gasteiger partial charge in [-0.1, -0.05) is 0 Å². The van der Waals surface area contributed by atoms with Crippen LogP contribution in [0.4, 0.5) is 0 Å². The summed E-state index contributed by atoms with van der Waals surface area (Å²) < 4.78 is 25.3. The van der Waals surface area contributed by atoms with E-state index in [2.05, 4.69) is 4.31 Å². The molecule has 2 unspecified atom stereocenters. The van der Waals surface area contributed by atoms with Gasteiger partial charge in [0.1, 0.15) is 0 Å². The summed E-state index contributed by atoms with van der Waals surface area (Å²) in [5.41, 5.74) is 0. The van der Waals surface area contributed by atoms with E-state index in [9.17, 15) is 9.13 Å². The first-order valence-corrected chi connectivity index (χ1v) is 7.92. The summed E-state index contributed by atoms with van der Waals surface area (Å²) in [6, 6.07) is 0. The molecule has 3 nitrogen and oxygen atoms in total. The fourth-order valence-corrected chi connectivity index (χ4v) is 4.75. The second-order valence-corrected chi connectivity index (χ2v) is 8.90. The van der Waals surface area contributed by atoms with E-state index >= 15 is 0 Å². The first-order chi connectivity index (χ1) is 3.71. The minimum absolute atomic E-state index is 1.13. The zero-order valence-corrected chi connectivity index (χ0v) is 8.18. The molecule has 0 saturated heterocycles. The van der Waals surface area contributed by atoms with Crippen LogP contribution >= 0.6 is 35.9 Å². The minimum Gasteiger partial charge on any atom is -0.275 e. The van der Waals surface area contributed by atoms with Gasteiger partial charge in [-0.3, -0.25) is 9.13 Å². The van der Waals surface area contributed by atoms with Crippen molar-refractivity contribution in [1.82, 2.24) is 0 Å². The van der Waals surface area contributed by atoms with E-state index in [0.29, 0.717) is 0 Å². The van der Waals surface area contributed by atoms with Crippen molar-refractivity contribution in [3.05, 3.63) is 0 Å². The van der Waals surface area contributed by atoms with Gasteiger partial charge in [0.25, 0.3) is 13.4 Å². The first kappa shape index (κ1) is 10.0. The predicted octanol–water partition coefficient (Wildman–Crippen LogP) is 3.13. The van der Waals surface area contributed by atoms with Crippen molar-refractivity contribution in [3.8, 4) is 0 Å². The van der Waals surface area contributed by atoms with Crippen molar-refractivity contribution in [3.63, 3.8) is 0 Å². The van der Waals surface area contributed by atoms with Crippen LogP contribution in [0.5, 0.6) is 0 Å². The van der Waals surface area contributed by atoms with Crippen molar-refractivity contribution in [1.29, 1.82) is 0 Å². The molecule has 9 heavy (non-hydrogen) atoms. The molecule has 2 atom stereocenters. The van der Waals surface area contributed by atoms with Crippen molar-refractivity contribution in [2.45, 2.75) is 0 Å². The fraction of sp³-hybridized carbons (Fsp3) is 1.00. The maximum atomic E-state index is 10.5. The van der Waals surface area contributed by atoms with E-state index in [-0.39, 0.29) is 0 Å². The Morgan fingerprint density at radius 2 is 1.33 bits per heavy atom. The highest BCUT2D eigenvalue weighted by atomic mass is 35.7. The normalized spacial score (nSPS) is 24.4. The predicted molar refractivity (Wildman–Crippen MR) is 39.9 cm³/mol. The number of hydrogen-bond acceptors (Lipinski definition) is 3. The molecule has 0 aliphatic carbocycles. The average molecular weight is 211 g/mol. The second-order valence-electron chi connectivity index (χ2n) is 1.58. The van der Waals surface area contributed by atoms with Crippen molar-refractivity contribution < 1.29 is 13.4 Å². The summed E-state index contributed by atoms with van der Waals surface area (Å²) in [6.45, 7) is -4.16. The lowest BCUT2D eigenvalue weighted by molar-refractivity contribution is 0.487. The Bertz CT molecular complexity index is 158. The Hall–Kier alpha value is 1.00. The van der Waals surface area contributed by atoms with Gasteiger partial charge in [-0.25, -0.2) is 4.31 Å². The van der Waals surface area contributed by atoms with E-state index in [1.54, 1.807) is 0 Å². The van der Waals surface area contributed by atoms with Gasteiger partial charge in [0.15, 0.2) is 0 Å². The Morgan fingerprint density at radius 1 is 1.11 bits per heavy atom. The smallest absolute Gasteiger partial charge is 0.275 e. The molecule has 0 N–H and O–H groups in total. The van der Waals surface area contributed by atoms with Crippen molar-refractivity contribution in [2.24, 2.45) is 0 Å². The largest absolute Gasteiger partial charge is 0.293 e. The highest BCUT2D eigenvalue weighted by Crippen LogP contribution is 2.65. The molecule has 0 rings (SSSR count). The molecule has 0 aromatic rings. The zero-order valence-electron chi connectivity index (χ0n) is 4.88. The van der Waals surface area contributed by atoms with Crippen LogP contribution < -0.4 is 0 Å². The number of rotatable bonds is 2. The van der Waals surface area contributed by atoms with E-state index in [0.717, 1.165) is 13.3 Å². The highest BCUT2D eigenvalue weighted by molar-refractivity contribution is 7.95. The van der Waals surface area contributed by atoms with Gasteiger partial charge in [-0.15, -0.1) is 0 Å². The molecule has 7 heteroatoms. The van der Waals surface area contributed by atoms with Crippen LogP contribution in [0, 0.1) is 0 Å². The lowest BCUT2D eigenvalue weighted by Crippen LogP contribution is -1.72. The third-order valence-electron chi connectivity index (χ3n) is 0.292. The molecular weight excluding hydrogens is 205 g/mol. The lowest BCUT2D eigenvalue weighted by Gasteiger charge is -2.06. The van der Waals surface area contributed by atoms with Crippen LogP contribution in [0.1, 0.15) is 0 Å². The maximum absolute atomic E-state index is 10.5. The monoisotopic (exact) mass is 210 g/mol. The van der Waals surface area contributed by atoms with Gasteiger partial charge >= 0.3 is 0 Å². The molecule has 0 saturated carbocycles. The molecule has 0 aliphatic rings. The Kier molecular flexibility index (Phi) is 3.27. The van der Waals surface area contributed by atoms with E-state index in [1.165, 1.54) is 0 Å². The minimum atomic E-state index is -3.21. The summed E-state index contributed by atoms with van der Waals surface area (Å²) in [4.78, 5) is 0. The van der Waals surface area contributed by atoms with Crippen LogP contribution in [0.25, 0.3) is 0 Å². The topological polar surface area (TPSA) is 43.4 Å². The Labute approximate surface area is 63.2 Å². The van der Waals surface area contributed by atoms with Gasteiger partial charge in [0, 0.05) is 13.3 Å². The molecule has 56 valence electrons. The molecule has 0 fully saturated rings. The second kappa shape index (κ2) is 2.94. The molecular formula is C2H6Cl2O3P2. The lowest BCUT2D eigenvalue weighted by atomic mass is 12.0. The first-order valence-electron chi connectivity index (χ1n) is 1.96. The van der Waals surface area contributed by atoms with Crippen LogP contribution in [0.15, 0.2) is 0 Å². The van der Waals surface area contributed by atoms with Gasteiger partial charge in [-0.05, 0) is 22.5 Å². The van der Waals surface area contributed by atoms with Gasteiger partial charge in [0.05, 0.1) is 0 Å². The van der Waals surface area contributed by atoms with Gasteiger partial charge < -0.3 is 0 Å². The number of hydrogen-bond donors (Lipinski definition) is 0. The van der Waals surface area contributed by atoms with Crippen molar-refractivity contribution >= 4 is 35.9 Å². The number of halogens is 2. The third kappa shape index (κ3) is 9.00. The fourth-order valence-electron chi connectivity index (χ4n) is 0.261. The molecule has 0 bridgehead atoms. The summed E-state index contributed by atoms with van der Waals surface area (Å²) in [7, 11) is 0. The summed E-state index contributed by atoms with van der Waals surface area (Å²) in [5.74, 6) is 0.